The summed E-state index contributed by atoms with van der Waals surface area (Å²) in [5.41, 5.74) is 3.33. The Bertz CT molecular complexity index is 1170. The summed E-state index contributed by atoms with van der Waals surface area (Å²) in [6, 6.07) is 14.3. The van der Waals surface area contributed by atoms with Gasteiger partial charge in [-0.1, -0.05) is 56.8 Å². The average Bonchev–Trinajstić information content (AvgIpc) is 3.36. The fourth-order valence-corrected chi connectivity index (χ4v) is 4.33. The highest BCUT2D eigenvalue weighted by atomic mass is 32.2. The van der Waals surface area contributed by atoms with Gasteiger partial charge in [0.2, 0.25) is 0 Å². The molecule has 166 valence electrons. The molecule has 0 saturated heterocycles. The predicted octanol–water partition coefficient (Wildman–Crippen LogP) is 5.84. The predicted molar refractivity (Wildman–Crippen MR) is 129 cm³/mol. The topological polar surface area (TPSA) is 57.2 Å². The van der Waals surface area contributed by atoms with Crippen molar-refractivity contribution in [2.45, 2.75) is 56.7 Å². The lowest BCUT2D eigenvalue weighted by Gasteiger charge is -2.20. The Hall–Kier alpha value is -3.06. The number of imidazole rings is 1. The van der Waals surface area contributed by atoms with Gasteiger partial charge in [0.1, 0.15) is 11.4 Å². The molecule has 7 heteroatoms. The van der Waals surface area contributed by atoms with E-state index < -0.39 is 0 Å². The Balaban J connectivity index is 1.48. The van der Waals surface area contributed by atoms with E-state index in [0.717, 1.165) is 28.1 Å². The molecule has 0 saturated carbocycles. The Morgan fingerprint density at radius 1 is 1.12 bits per heavy atom. The number of fused-ring (bicyclic) bond motifs is 1. The minimum atomic E-state index is -0.243. The highest BCUT2D eigenvalue weighted by Crippen LogP contribution is 2.28. The Morgan fingerprint density at radius 3 is 2.59 bits per heavy atom. The summed E-state index contributed by atoms with van der Waals surface area (Å²) in [4.78, 5) is 4.67. The van der Waals surface area contributed by atoms with Gasteiger partial charge < -0.3 is 9.14 Å². The van der Waals surface area contributed by atoms with Crippen LogP contribution in [-0.4, -0.2) is 24.1 Å². The molecule has 0 aliphatic carbocycles. The monoisotopic (exact) mass is 447 g/mol. The van der Waals surface area contributed by atoms with Crippen molar-refractivity contribution in [1.82, 2.24) is 24.1 Å². The van der Waals surface area contributed by atoms with Gasteiger partial charge >= 0.3 is 0 Å². The standard InChI is InChI=1S/C25H29N5OS/c1-6-14-30-23(18(2)31-21-12-10-19(11-13-21)25(3,4)5)27-28-24(30)32-17-20-16-29-15-8-7-9-22(29)26-20/h6-13,15-16,18H,1,14,17H2,2-5H3. The number of allylic oxidation sites excluding steroid dienone is 1. The zero-order chi connectivity index (χ0) is 22.7. The molecule has 1 unspecified atom stereocenters. The van der Waals surface area contributed by atoms with Crippen LogP contribution in [0.25, 0.3) is 5.65 Å². The Labute approximate surface area is 193 Å². The van der Waals surface area contributed by atoms with Gasteiger partial charge in [0.05, 0.1) is 5.69 Å². The molecule has 0 radical (unpaired) electrons. The summed E-state index contributed by atoms with van der Waals surface area (Å²) in [7, 11) is 0. The van der Waals surface area contributed by atoms with E-state index in [0.29, 0.717) is 12.3 Å². The number of ether oxygens (including phenoxy) is 1. The molecule has 1 aromatic carbocycles. The van der Waals surface area contributed by atoms with Gasteiger partial charge in [-0.2, -0.15) is 0 Å². The summed E-state index contributed by atoms with van der Waals surface area (Å²) in [5, 5.41) is 9.69. The lowest BCUT2D eigenvalue weighted by molar-refractivity contribution is 0.210. The van der Waals surface area contributed by atoms with Crippen LogP contribution in [0.3, 0.4) is 0 Å². The lowest BCUT2D eigenvalue weighted by Crippen LogP contribution is -2.13. The van der Waals surface area contributed by atoms with Crippen LogP contribution in [0.2, 0.25) is 0 Å². The summed E-state index contributed by atoms with van der Waals surface area (Å²) < 4.78 is 10.3. The minimum absolute atomic E-state index is 0.112. The van der Waals surface area contributed by atoms with E-state index in [9.17, 15) is 0 Å². The van der Waals surface area contributed by atoms with Crippen molar-refractivity contribution in [3.8, 4) is 5.75 Å². The first-order valence-corrected chi connectivity index (χ1v) is 11.7. The number of aromatic nitrogens is 5. The number of benzene rings is 1. The molecule has 0 aliphatic heterocycles. The molecular formula is C25H29N5OS. The second-order valence-corrected chi connectivity index (χ2v) is 9.70. The van der Waals surface area contributed by atoms with Crippen LogP contribution in [0.4, 0.5) is 0 Å². The van der Waals surface area contributed by atoms with E-state index in [-0.39, 0.29) is 11.5 Å². The van der Waals surface area contributed by atoms with Crippen LogP contribution in [0.15, 0.2) is 72.7 Å². The fraction of sp³-hybridized carbons (Fsp3) is 0.320. The maximum atomic E-state index is 6.19. The zero-order valence-corrected chi connectivity index (χ0v) is 19.8. The van der Waals surface area contributed by atoms with Gasteiger partial charge in [0.25, 0.3) is 0 Å². The summed E-state index contributed by atoms with van der Waals surface area (Å²) in [5.74, 6) is 2.31. The second-order valence-electron chi connectivity index (χ2n) is 8.76. The average molecular weight is 448 g/mol. The number of rotatable bonds is 8. The molecule has 4 aromatic rings. The number of hydrogen-bond acceptors (Lipinski definition) is 5. The number of nitrogens with zero attached hydrogens (tertiary/aromatic N) is 5. The Morgan fingerprint density at radius 2 is 1.91 bits per heavy atom. The first-order chi connectivity index (χ1) is 15.3. The van der Waals surface area contributed by atoms with E-state index in [1.807, 2.05) is 60.1 Å². The third kappa shape index (κ3) is 4.88. The van der Waals surface area contributed by atoms with E-state index in [1.165, 1.54) is 5.56 Å². The largest absolute Gasteiger partial charge is 0.483 e. The molecule has 1 atom stereocenters. The van der Waals surface area contributed by atoms with Gasteiger partial charge in [-0.15, -0.1) is 16.8 Å². The fourth-order valence-electron chi connectivity index (χ4n) is 3.49. The third-order valence-corrected chi connectivity index (χ3v) is 6.22. The van der Waals surface area contributed by atoms with Crippen LogP contribution >= 0.6 is 11.8 Å². The van der Waals surface area contributed by atoms with Crippen molar-refractivity contribution in [3.05, 3.63) is 84.6 Å². The van der Waals surface area contributed by atoms with Crippen LogP contribution in [-0.2, 0) is 17.7 Å². The maximum absolute atomic E-state index is 6.19. The molecule has 0 bridgehead atoms. The first kappa shape index (κ1) is 22.1. The highest BCUT2D eigenvalue weighted by molar-refractivity contribution is 7.98. The number of pyridine rings is 1. The second kappa shape index (κ2) is 9.20. The van der Waals surface area contributed by atoms with Crippen LogP contribution in [0.1, 0.15) is 50.9 Å². The van der Waals surface area contributed by atoms with Crippen molar-refractivity contribution < 1.29 is 4.74 Å². The summed E-state index contributed by atoms with van der Waals surface area (Å²) >= 11 is 1.61. The van der Waals surface area contributed by atoms with Gasteiger partial charge in [-0.25, -0.2) is 4.98 Å². The van der Waals surface area contributed by atoms with E-state index in [4.69, 9.17) is 4.74 Å². The molecule has 32 heavy (non-hydrogen) atoms. The lowest BCUT2D eigenvalue weighted by atomic mass is 9.87. The van der Waals surface area contributed by atoms with Crippen molar-refractivity contribution in [2.75, 3.05) is 0 Å². The molecule has 0 fully saturated rings. The van der Waals surface area contributed by atoms with Crippen molar-refractivity contribution in [1.29, 1.82) is 0 Å². The van der Waals surface area contributed by atoms with Gasteiger partial charge in [0, 0.05) is 24.7 Å². The summed E-state index contributed by atoms with van der Waals surface area (Å²) in [6.45, 7) is 13.1. The normalized spacial score (nSPS) is 12.8. The van der Waals surface area contributed by atoms with Crippen molar-refractivity contribution in [3.63, 3.8) is 0 Å². The quantitative estimate of drug-likeness (QED) is 0.251. The molecule has 3 aromatic heterocycles. The highest BCUT2D eigenvalue weighted by Gasteiger charge is 2.20. The van der Waals surface area contributed by atoms with Crippen LogP contribution in [0.5, 0.6) is 5.75 Å². The van der Waals surface area contributed by atoms with Gasteiger partial charge in [0.15, 0.2) is 17.1 Å². The molecule has 6 nitrogen and oxygen atoms in total. The minimum Gasteiger partial charge on any atom is -0.483 e. The smallest absolute Gasteiger partial charge is 0.192 e. The Kier molecular flexibility index (Phi) is 6.37. The SMILES string of the molecule is C=CCn1c(SCc2cn3ccccc3n2)nnc1C(C)Oc1ccc(C(C)(C)C)cc1. The van der Waals surface area contributed by atoms with Crippen molar-refractivity contribution in [2.24, 2.45) is 0 Å². The first-order valence-electron chi connectivity index (χ1n) is 10.7. The van der Waals surface area contributed by atoms with E-state index in [1.54, 1.807) is 11.8 Å². The van der Waals surface area contributed by atoms with Crippen LogP contribution < -0.4 is 4.74 Å². The van der Waals surface area contributed by atoms with E-state index >= 15 is 0 Å². The van der Waals surface area contributed by atoms with Crippen molar-refractivity contribution >= 4 is 17.4 Å². The molecule has 0 aliphatic rings. The number of thioether (sulfide) groups is 1. The molecule has 0 spiro atoms. The molecule has 3 heterocycles. The molecule has 0 amide bonds. The zero-order valence-electron chi connectivity index (χ0n) is 19.0. The van der Waals surface area contributed by atoms with E-state index in [2.05, 4.69) is 59.2 Å². The summed E-state index contributed by atoms with van der Waals surface area (Å²) in [6.07, 6.45) is 5.66. The maximum Gasteiger partial charge on any atom is 0.192 e. The van der Waals surface area contributed by atoms with Gasteiger partial charge in [-0.05, 0) is 42.2 Å². The van der Waals surface area contributed by atoms with Gasteiger partial charge in [-0.3, -0.25) is 4.57 Å². The molecular weight excluding hydrogens is 418 g/mol. The van der Waals surface area contributed by atoms with Crippen LogP contribution in [0, 0.1) is 0 Å². The molecule has 0 N–H and O–H groups in total. The number of hydrogen-bond donors (Lipinski definition) is 0. The third-order valence-electron chi connectivity index (χ3n) is 5.22. The molecule has 4 rings (SSSR count).